The third kappa shape index (κ3) is 3.47. The summed E-state index contributed by atoms with van der Waals surface area (Å²) in [6.45, 7) is 0.639. The number of ether oxygens (including phenoxy) is 1. The lowest BCUT2D eigenvalue weighted by molar-refractivity contribution is 0.0787. The van der Waals surface area contributed by atoms with E-state index >= 15 is 0 Å². The summed E-state index contributed by atoms with van der Waals surface area (Å²) in [7, 11) is 0. The highest BCUT2D eigenvalue weighted by atomic mass is 79.9. The quantitative estimate of drug-likeness (QED) is 0.882. The summed E-state index contributed by atoms with van der Waals surface area (Å²) < 4.78 is 6.80. The van der Waals surface area contributed by atoms with E-state index in [0.29, 0.717) is 6.61 Å². The van der Waals surface area contributed by atoms with Crippen molar-refractivity contribution < 1.29 is 9.84 Å². The molecule has 0 saturated heterocycles. The topological polar surface area (TPSA) is 29.5 Å². The summed E-state index contributed by atoms with van der Waals surface area (Å²) in [5.41, 5.74) is 2.38. The van der Waals surface area contributed by atoms with Gasteiger partial charge in [-0.2, -0.15) is 0 Å². The van der Waals surface area contributed by atoms with Gasteiger partial charge in [0.25, 0.3) is 0 Å². The van der Waals surface area contributed by atoms with Gasteiger partial charge in [0.2, 0.25) is 0 Å². The van der Waals surface area contributed by atoms with Gasteiger partial charge in [-0.3, -0.25) is 0 Å². The largest absolute Gasteiger partial charge is 0.494 e. The lowest BCUT2D eigenvalue weighted by atomic mass is 9.80. The van der Waals surface area contributed by atoms with Crippen molar-refractivity contribution in [3.8, 4) is 5.75 Å². The van der Waals surface area contributed by atoms with Gasteiger partial charge >= 0.3 is 0 Å². The van der Waals surface area contributed by atoms with Crippen molar-refractivity contribution in [1.82, 2.24) is 0 Å². The third-order valence-electron chi connectivity index (χ3n) is 4.16. The average Bonchev–Trinajstić information content (AvgIpc) is 2.50. The summed E-state index contributed by atoms with van der Waals surface area (Å²) in [5.74, 6) is 1.15. The summed E-state index contributed by atoms with van der Waals surface area (Å²) in [6.07, 6.45) is 2.60. The van der Waals surface area contributed by atoms with Crippen molar-refractivity contribution in [2.24, 2.45) is 5.92 Å². The Morgan fingerprint density at radius 2 is 2.00 bits per heavy atom. The first-order valence-corrected chi connectivity index (χ1v) is 8.17. The van der Waals surface area contributed by atoms with E-state index in [1.165, 1.54) is 5.56 Å². The molecule has 1 aliphatic carbocycles. The maximum absolute atomic E-state index is 10.5. The van der Waals surface area contributed by atoms with Gasteiger partial charge in [-0.1, -0.05) is 46.3 Å². The Kier molecular flexibility index (Phi) is 4.61. The van der Waals surface area contributed by atoms with Crippen LogP contribution < -0.4 is 4.74 Å². The Bertz CT molecular complexity index is 612. The molecule has 110 valence electrons. The number of fused-ring (bicyclic) bond motifs is 1. The highest BCUT2D eigenvalue weighted by Crippen LogP contribution is 2.36. The summed E-state index contributed by atoms with van der Waals surface area (Å²) in [4.78, 5) is 0. The van der Waals surface area contributed by atoms with Crippen LogP contribution in [0.5, 0.6) is 5.75 Å². The molecular weight excluding hydrogens is 328 g/mol. The van der Waals surface area contributed by atoms with Crippen LogP contribution in [-0.4, -0.2) is 11.7 Å². The molecule has 0 saturated carbocycles. The van der Waals surface area contributed by atoms with Gasteiger partial charge in [0.15, 0.2) is 0 Å². The number of aliphatic hydroxyl groups excluding tert-OH is 1. The fourth-order valence-electron chi connectivity index (χ4n) is 2.99. The van der Waals surface area contributed by atoms with Crippen molar-refractivity contribution in [2.75, 3.05) is 6.61 Å². The monoisotopic (exact) mass is 346 g/mol. The first kappa shape index (κ1) is 14.6. The number of rotatable bonds is 4. The van der Waals surface area contributed by atoms with Crippen molar-refractivity contribution in [3.63, 3.8) is 0 Å². The van der Waals surface area contributed by atoms with Crippen molar-refractivity contribution in [2.45, 2.75) is 25.4 Å². The zero-order chi connectivity index (χ0) is 14.7. The Hall–Kier alpha value is -1.32. The molecule has 1 N–H and O–H groups in total. The van der Waals surface area contributed by atoms with Gasteiger partial charge in [0.1, 0.15) is 5.75 Å². The highest BCUT2D eigenvalue weighted by molar-refractivity contribution is 9.10. The van der Waals surface area contributed by atoms with E-state index in [-0.39, 0.29) is 12.0 Å². The minimum absolute atomic E-state index is 0.284. The molecular formula is C18H19BrO2. The fourth-order valence-corrected chi connectivity index (χ4v) is 3.37. The summed E-state index contributed by atoms with van der Waals surface area (Å²) >= 11 is 3.44. The molecule has 0 fully saturated rings. The van der Waals surface area contributed by atoms with E-state index in [9.17, 15) is 5.11 Å². The van der Waals surface area contributed by atoms with E-state index in [2.05, 4.69) is 22.0 Å². The molecule has 1 aliphatic rings. The Balaban J connectivity index is 1.57. The van der Waals surface area contributed by atoms with Crippen molar-refractivity contribution in [1.29, 1.82) is 0 Å². The molecule has 0 radical (unpaired) electrons. The lowest BCUT2D eigenvalue weighted by Gasteiger charge is -2.30. The zero-order valence-corrected chi connectivity index (χ0v) is 13.4. The molecule has 2 nitrogen and oxygen atoms in total. The maximum atomic E-state index is 10.5. The van der Waals surface area contributed by atoms with Gasteiger partial charge < -0.3 is 9.84 Å². The van der Waals surface area contributed by atoms with Crippen LogP contribution in [0.2, 0.25) is 0 Å². The van der Waals surface area contributed by atoms with Crippen LogP contribution in [0.3, 0.4) is 0 Å². The first-order valence-electron chi connectivity index (χ1n) is 7.38. The van der Waals surface area contributed by atoms with Crippen LogP contribution in [0.15, 0.2) is 53.0 Å². The van der Waals surface area contributed by atoms with Crippen LogP contribution >= 0.6 is 15.9 Å². The standard InChI is InChI=1S/C18H19BrO2/c19-15-5-3-6-16(12-15)21-11-10-14-9-8-13-4-1-2-7-17(13)18(14)20/h1-7,12,14,18,20H,8-11H2. The summed E-state index contributed by atoms with van der Waals surface area (Å²) in [6, 6.07) is 16.1. The van der Waals surface area contributed by atoms with E-state index in [1.807, 2.05) is 42.5 Å². The summed E-state index contributed by atoms with van der Waals surface area (Å²) in [5, 5.41) is 10.5. The van der Waals surface area contributed by atoms with E-state index < -0.39 is 0 Å². The van der Waals surface area contributed by atoms with E-state index in [4.69, 9.17) is 4.74 Å². The molecule has 0 bridgehead atoms. The van der Waals surface area contributed by atoms with Crippen LogP contribution in [0.1, 0.15) is 30.1 Å². The lowest BCUT2D eigenvalue weighted by Crippen LogP contribution is -2.22. The predicted molar refractivity (Wildman–Crippen MR) is 87.5 cm³/mol. The second-order valence-corrected chi connectivity index (χ2v) is 6.45. The van der Waals surface area contributed by atoms with Crippen molar-refractivity contribution in [3.05, 3.63) is 64.1 Å². The van der Waals surface area contributed by atoms with Gasteiger partial charge in [0, 0.05) is 4.47 Å². The minimum atomic E-state index is -0.360. The highest BCUT2D eigenvalue weighted by Gasteiger charge is 2.27. The molecule has 0 aromatic heterocycles. The van der Waals surface area contributed by atoms with Crippen LogP contribution in [0.4, 0.5) is 0 Å². The molecule has 21 heavy (non-hydrogen) atoms. The molecule has 0 heterocycles. The smallest absolute Gasteiger partial charge is 0.120 e. The second kappa shape index (κ2) is 6.63. The molecule has 2 atom stereocenters. The Morgan fingerprint density at radius 1 is 1.14 bits per heavy atom. The number of aliphatic hydroxyl groups is 1. The third-order valence-corrected chi connectivity index (χ3v) is 4.65. The van der Waals surface area contributed by atoms with Crippen LogP contribution in [0, 0.1) is 5.92 Å². The van der Waals surface area contributed by atoms with Crippen LogP contribution in [0.25, 0.3) is 0 Å². The number of hydrogen-bond acceptors (Lipinski definition) is 2. The number of halogens is 1. The first-order chi connectivity index (χ1) is 10.2. The molecule has 0 spiro atoms. The Morgan fingerprint density at radius 3 is 2.86 bits per heavy atom. The molecule has 0 aliphatic heterocycles. The number of benzene rings is 2. The SMILES string of the molecule is OC1c2ccccc2CCC1CCOc1cccc(Br)c1. The van der Waals surface area contributed by atoms with Crippen LogP contribution in [-0.2, 0) is 6.42 Å². The normalized spacial score (nSPS) is 20.9. The number of hydrogen-bond donors (Lipinski definition) is 1. The molecule has 3 rings (SSSR count). The minimum Gasteiger partial charge on any atom is -0.494 e. The molecule has 2 aromatic carbocycles. The van der Waals surface area contributed by atoms with Crippen molar-refractivity contribution >= 4 is 15.9 Å². The number of aryl methyl sites for hydroxylation is 1. The van der Waals surface area contributed by atoms with E-state index in [1.54, 1.807) is 0 Å². The zero-order valence-electron chi connectivity index (χ0n) is 11.8. The second-order valence-electron chi connectivity index (χ2n) is 5.54. The van der Waals surface area contributed by atoms with E-state index in [0.717, 1.165) is 35.0 Å². The van der Waals surface area contributed by atoms with Gasteiger partial charge in [-0.25, -0.2) is 0 Å². The Labute approximate surface area is 133 Å². The maximum Gasteiger partial charge on any atom is 0.120 e. The molecule has 0 amide bonds. The van der Waals surface area contributed by atoms with Gasteiger partial charge in [-0.15, -0.1) is 0 Å². The predicted octanol–water partition coefficient (Wildman–Crippen LogP) is 4.51. The molecule has 3 heteroatoms. The van der Waals surface area contributed by atoms with Gasteiger partial charge in [0.05, 0.1) is 12.7 Å². The molecule has 2 aromatic rings. The molecule has 2 unspecified atom stereocenters. The van der Waals surface area contributed by atoms with Gasteiger partial charge in [-0.05, 0) is 54.5 Å². The fraction of sp³-hybridized carbons (Fsp3) is 0.333. The average molecular weight is 347 g/mol.